The summed E-state index contributed by atoms with van der Waals surface area (Å²) in [6, 6.07) is 0.0602. The van der Waals surface area contributed by atoms with Crippen molar-refractivity contribution in [3.8, 4) is 5.75 Å². The third-order valence-electron chi connectivity index (χ3n) is 1.79. The van der Waals surface area contributed by atoms with Gasteiger partial charge in [-0.2, -0.15) is 13.2 Å². The molecule has 0 atom stereocenters. The molecule has 0 fully saturated rings. The summed E-state index contributed by atoms with van der Waals surface area (Å²) in [6.45, 7) is 0. The Morgan fingerprint density at radius 3 is 1.65 bits per heavy atom. The Kier molecular flexibility index (Phi) is 2.90. The van der Waals surface area contributed by atoms with E-state index in [1.54, 1.807) is 0 Å². The van der Waals surface area contributed by atoms with Crippen LogP contribution in [0.2, 0.25) is 0 Å². The summed E-state index contributed by atoms with van der Waals surface area (Å²) in [5.41, 5.74) is -4.31. The summed E-state index contributed by atoms with van der Waals surface area (Å²) in [5, 5.41) is 29.7. The average molecular weight is 252 g/mol. The van der Waals surface area contributed by atoms with Crippen molar-refractivity contribution in [1.82, 2.24) is 0 Å². The van der Waals surface area contributed by atoms with Crippen LogP contribution in [0, 0.1) is 20.2 Å². The summed E-state index contributed by atoms with van der Waals surface area (Å²) in [6.07, 6.45) is -4.98. The van der Waals surface area contributed by atoms with Crippen LogP contribution < -0.4 is 0 Å². The number of nitro benzene ring substituents is 2. The van der Waals surface area contributed by atoms with E-state index in [0.29, 0.717) is 0 Å². The third-order valence-corrected chi connectivity index (χ3v) is 1.79. The van der Waals surface area contributed by atoms with E-state index in [1.165, 1.54) is 0 Å². The van der Waals surface area contributed by atoms with Crippen molar-refractivity contribution in [3.63, 3.8) is 0 Å². The van der Waals surface area contributed by atoms with Crippen molar-refractivity contribution in [3.05, 3.63) is 37.9 Å². The number of phenolic OH excluding ortho intramolecular Hbond substituents is 1. The van der Waals surface area contributed by atoms with Crippen molar-refractivity contribution >= 4 is 11.4 Å². The van der Waals surface area contributed by atoms with E-state index >= 15 is 0 Å². The molecule has 0 aromatic heterocycles. The van der Waals surface area contributed by atoms with Crippen molar-refractivity contribution in [2.24, 2.45) is 0 Å². The van der Waals surface area contributed by atoms with Crippen LogP contribution in [-0.4, -0.2) is 15.0 Å². The summed E-state index contributed by atoms with van der Waals surface area (Å²) in [7, 11) is 0. The maximum atomic E-state index is 12.3. The molecule has 10 heteroatoms. The van der Waals surface area contributed by atoms with Gasteiger partial charge in [-0.1, -0.05) is 0 Å². The minimum Gasteiger partial charge on any atom is -0.497 e. The zero-order valence-electron chi connectivity index (χ0n) is 7.76. The van der Waals surface area contributed by atoms with Gasteiger partial charge in [0.05, 0.1) is 15.4 Å². The van der Waals surface area contributed by atoms with Gasteiger partial charge in [-0.05, 0) is 0 Å². The Balaban J connectivity index is 3.59. The molecule has 0 aliphatic rings. The van der Waals surface area contributed by atoms with Gasteiger partial charge in [0.2, 0.25) is 0 Å². The second kappa shape index (κ2) is 3.88. The molecule has 92 valence electrons. The summed E-state index contributed by atoms with van der Waals surface area (Å²) >= 11 is 0. The van der Waals surface area contributed by atoms with Crippen LogP contribution in [0.25, 0.3) is 0 Å². The molecule has 7 nitrogen and oxygen atoms in total. The largest absolute Gasteiger partial charge is 0.497 e. The van der Waals surface area contributed by atoms with Crippen molar-refractivity contribution in [1.29, 1.82) is 0 Å². The van der Waals surface area contributed by atoms with Gasteiger partial charge >= 0.3 is 17.6 Å². The monoisotopic (exact) mass is 252 g/mol. The lowest BCUT2D eigenvalue weighted by Crippen LogP contribution is -2.07. The number of phenols is 1. The lowest BCUT2D eigenvalue weighted by atomic mass is 10.1. The van der Waals surface area contributed by atoms with E-state index in [-0.39, 0.29) is 12.1 Å². The number of nitro groups is 2. The van der Waals surface area contributed by atoms with Gasteiger partial charge in [-0.15, -0.1) is 0 Å². The molecule has 0 amide bonds. The number of nitrogens with zero attached hydrogens (tertiary/aromatic N) is 2. The number of benzene rings is 1. The zero-order valence-corrected chi connectivity index (χ0v) is 7.76. The fraction of sp³-hybridized carbons (Fsp3) is 0.143. The molecule has 0 heterocycles. The van der Waals surface area contributed by atoms with Crippen molar-refractivity contribution in [2.75, 3.05) is 0 Å². The fourth-order valence-corrected chi connectivity index (χ4v) is 1.05. The molecule has 1 aromatic carbocycles. The molecule has 0 unspecified atom stereocenters. The lowest BCUT2D eigenvalue weighted by Gasteiger charge is -2.06. The average Bonchev–Trinajstić information content (AvgIpc) is 2.14. The molecular formula is C7H3F3N2O5. The first-order chi connectivity index (χ1) is 7.64. The predicted octanol–water partition coefficient (Wildman–Crippen LogP) is 2.23. The summed E-state index contributed by atoms with van der Waals surface area (Å²) in [5.74, 6) is -1.41. The Bertz CT molecular complexity index is 464. The highest BCUT2D eigenvalue weighted by Crippen LogP contribution is 2.41. The minimum absolute atomic E-state index is 0.0301. The highest BCUT2D eigenvalue weighted by molar-refractivity contribution is 5.61. The first-order valence-electron chi connectivity index (χ1n) is 3.87. The molecule has 1 rings (SSSR count). The summed E-state index contributed by atoms with van der Waals surface area (Å²) in [4.78, 5) is 18.0. The van der Waals surface area contributed by atoms with E-state index in [2.05, 4.69) is 0 Å². The van der Waals surface area contributed by atoms with Crippen LogP contribution in [0.1, 0.15) is 5.56 Å². The van der Waals surface area contributed by atoms with E-state index in [4.69, 9.17) is 5.11 Å². The van der Waals surface area contributed by atoms with E-state index < -0.39 is 38.7 Å². The molecule has 0 radical (unpaired) electrons. The highest BCUT2D eigenvalue weighted by Gasteiger charge is 2.37. The van der Waals surface area contributed by atoms with Crippen LogP contribution in [0.15, 0.2) is 12.1 Å². The maximum absolute atomic E-state index is 12.3. The van der Waals surface area contributed by atoms with E-state index in [1.807, 2.05) is 0 Å². The minimum atomic E-state index is -4.98. The Morgan fingerprint density at radius 1 is 1.06 bits per heavy atom. The predicted molar refractivity (Wildman–Crippen MR) is 46.4 cm³/mol. The molecule has 0 bridgehead atoms. The number of hydrogen-bond acceptors (Lipinski definition) is 5. The smallest absolute Gasteiger partial charge is 0.416 e. The van der Waals surface area contributed by atoms with Crippen LogP contribution >= 0.6 is 0 Å². The van der Waals surface area contributed by atoms with Crippen LogP contribution in [0.4, 0.5) is 24.5 Å². The lowest BCUT2D eigenvalue weighted by molar-refractivity contribution is -0.396. The Hall–Kier alpha value is -2.39. The van der Waals surface area contributed by atoms with Gasteiger partial charge in [0.15, 0.2) is 0 Å². The van der Waals surface area contributed by atoms with Gasteiger partial charge in [-0.3, -0.25) is 20.2 Å². The van der Waals surface area contributed by atoms with Crippen LogP contribution in [-0.2, 0) is 6.18 Å². The number of aromatic hydroxyl groups is 1. The van der Waals surface area contributed by atoms with Crippen molar-refractivity contribution < 1.29 is 28.1 Å². The van der Waals surface area contributed by atoms with Gasteiger partial charge < -0.3 is 5.11 Å². The van der Waals surface area contributed by atoms with Crippen molar-refractivity contribution in [2.45, 2.75) is 6.18 Å². The third kappa shape index (κ3) is 2.41. The molecule has 0 saturated carbocycles. The maximum Gasteiger partial charge on any atom is 0.416 e. The second-order valence-corrected chi connectivity index (χ2v) is 2.88. The van der Waals surface area contributed by atoms with Gasteiger partial charge in [0.25, 0.3) is 5.75 Å². The van der Waals surface area contributed by atoms with Crippen LogP contribution in [0.3, 0.4) is 0 Å². The number of halogens is 3. The normalized spacial score (nSPS) is 11.2. The molecule has 1 N–H and O–H groups in total. The number of alkyl halides is 3. The Labute approximate surface area is 90.4 Å². The number of rotatable bonds is 2. The standard InChI is InChI=1S/C7H3F3N2O5/c8-7(9,10)3-1-4(11(14)15)6(13)5(2-3)12(16)17/h1-2,13H. The SMILES string of the molecule is O=[N+]([O-])c1cc(C(F)(F)F)cc([N+](=O)[O-])c1O. The number of hydrogen-bond donors (Lipinski definition) is 1. The van der Waals surface area contributed by atoms with E-state index in [9.17, 15) is 33.4 Å². The second-order valence-electron chi connectivity index (χ2n) is 2.88. The molecule has 17 heavy (non-hydrogen) atoms. The van der Waals surface area contributed by atoms with Gasteiger partial charge in [0.1, 0.15) is 0 Å². The highest BCUT2D eigenvalue weighted by atomic mass is 19.4. The first-order valence-corrected chi connectivity index (χ1v) is 3.87. The quantitative estimate of drug-likeness (QED) is 0.641. The molecule has 0 spiro atoms. The molecule has 1 aromatic rings. The molecule has 0 saturated heterocycles. The van der Waals surface area contributed by atoms with Gasteiger partial charge in [0, 0.05) is 12.1 Å². The zero-order chi connectivity index (χ0) is 13.4. The van der Waals surface area contributed by atoms with Gasteiger partial charge in [-0.25, -0.2) is 0 Å². The molecule has 0 aliphatic heterocycles. The Morgan fingerprint density at radius 2 is 1.41 bits per heavy atom. The van der Waals surface area contributed by atoms with Crippen LogP contribution in [0.5, 0.6) is 5.75 Å². The topological polar surface area (TPSA) is 107 Å². The van der Waals surface area contributed by atoms with E-state index in [0.717, 1.165) is 0 Å². The summed E-state index contributed by atoms with van der Waals surface area (Å²) < 4.78 is 36.8. The molecule has 0 aliphatic carbocycles. The molecular weight excluding hydrogens is 249 g/mol. The fourth-order valence-electron chi connectivity index (χ4n) is 1.05. The first kappa shape index (κ1) is 12.7.